The average Bonchev–Trinajstić information content (AvgIpc) is 3.13. The fourth-order valence-electron chi connectivity index (χ4n) is 4.58. The summed E-state index contributed by atoms with van der Waals surface area (Å²) >= 11 is 0. The maximum absolute atomic E-state index is 12.8. The first kappa shape index (κ1) is 20.8. The Morgan fingerprint density at radius 1 is 0.969 bits per heavy atom. The Morgan fingerprint density at radius 2 is 1.75 bits per heavy atom. The zero-order valence-corrected chi connectivity index (χ0v) is 16.9. The van der Waals surface area contributed by atoms with Gasteiger partial charge in [0, 0.05) is 37.8 Å². The molecule has 0 N–H and O–H groups in total. The van der Waals surface area contributed by atoms with Gasteiger partial charge in [-0.2, -0.15) is 18.3 Å². The number of alkyl halides is 5. The summed E-state index contributed by atoms with van der Waals surface area (Å²) in [5, 5.41) is 3.95. The normalized spacial score (nSPS) is 18.6. The van der Waals surface area contributed by atoms with Crippen LogP contribution in [0.1, 0.15) is 18.4 Å². The maximum atomic E-state index is 12.8. The summed E-state index contributed by atoms with van der Waals surface area (Å²) in [4.78, 5) is 16.9. The van der Waals surface area contributed by atoms with Crippen molar-refractivity contribution in [3.63, 3.8) is 0 Å². The maximum Gasteiger partial charge on any atom is 0.417 e. The van der Waals surface area contributed by atoms with E-state index in [1.165, 1.54) is 12.3 Å². The Balaban J connectivity index is 1.29. The number of pyridine rings is 1. The van der Waals surface area contributed by atoms with Gasteiger partial charge in [0.15, 0.2) is 5.65 Å². The topological polar surface area (TPSA) is 63.0 Å². The van der Waals surface area contributed by atoms with Gasteiger partial charge in [0.1, 0.15) is 23.7 Å². The number of hydrogen-bond donors (Lipinski definition) is 0. The van der Waals surface area contributed by atoms with E-state index in [9.17, 15) is 22.0 Å². The van der Waals surface area contributed by atoms with E-state index in [-0.39, 0.29) is 5.41 Å². The van der Waals surface area contributed by atoms with Crippen molar-refractivity contribution < 1.29 is 22.0 Å². The standard InChI is InChI=1S/C20H20F5N7/c21-15(22)9-32-18-14(7-28-32)26-8-17(29-18)30-5-1-4-19(10-30)11-31(12-19)16-3-2-13(6-27-16)20(23,24)25/h2-3,6-8,15H,1,4-5,9-12H2. The molecule has 2 saturated heterocycles. The fraction of sp³-hybridized carbons (Fsp3) is 0.500. The number of fused-ring (bicyclic) bond motifs is 1. The fourth-order valence-corrected chi connectivity index (χ4v) is 4.58. The molecule has 2 fully saturated rings. The van der Waals surface area contributed by atoms with E-state index in [1.807, 2.05) is 4.90 Å². The van der Waals surface area contributed by atoms with Crippen molar-refractivity contribution >= 4 is 22.8 Å². The van der Waals surface area contributed by atoms with Gasteiger partial charge >= 0.3 is 6.18 Å². The molecule has 3 aromatic rings. The van der Waals surface area contributed by atoms with Crippen molar-refractivity contribution in [3.05, 3.63) is 36.3 Å². The summed E-state index contributed by atoms with van der Waals surface area (Å²) in [5.41, 5.74) is -0.000953. The number of hydrogen-bond acceptors (Lipinski definition) is 6. The molecule has 12 heteroatoms. The zero-order chi connectivity index (χ0) is 22.5. The highest BCUT2D eigenvalue weighted by Gasteiger charge is 2.46. The first-order valence-corrected chi connectivity index (χ1v) is 10.2. The molecule has 1 spiro atoms. The van der Waals surface area contributed by atoms with Crippen LogP contribution in [0.25, 0.3) is 11.2 Å². The van der Waals surface area contributed by atoms with Crippen molar-refractivity contribution in [2.75, 3.05) is 36.0 Å². The largest absolute Gasteiger partial charge is 0.417 e. The summed E-state index contributed by atoms with van der Waals surface area (Å²) in [6, 6.07) is 2.45. The van der Waals surface area contributed by atoms with Crippen molar-refractivity contribution in [3.8, 4) is 0 Å². The predicted molar refractivity (Wildman–Crippen MR) is 107 cm³/mol. The van der Waals surface area contributed by atoms with Crippen LogP contribution in [0.15, 0.2) is 30.7 Å². The molecule has 0 aliphatic carbocycles. The Hall–Kier alpha value is -3.05. The lowest BCUT2D eigenvalue weighted by atomic mass is 9.73. The SMILES string of the molecule is FC(F)Cn1ncc2ncc(N3CCCC4(CN(c5ccc(C(F)(F)F)cn5)C4)C3)nc21. The van der Waals surface area contributed by atoms with Gasteiger partial charge in [-0.1, -0.05) is 0 Å². The van der Waals surface area contributed by atoms with Gasteiger partial charge < -0.3 is 9.80 Å². The lowest BCUT2D eigenvalue weighted by Crippen LogP contribution is -2.63. The van der Waals surface area contributed by atoms with Crippen LogP contribution in [-0.4, -0.2) is 57.3 Å². The Morgan fingerprint density at radius 3 is 2.44 bits per heavy atom. The first-order valence-electron chi connectivity index (χ1n) is 10.2. The minimum absolute atomic E-state index is 0.0253. The van der Waals surface area contributed by atoms with Crippen molar-refractivity contribution in [1.82, 2.24) is 24.7 Å². The van der Waals surface area contributed by atoms with E-state index in [4.69, 9.17) is 0 Å². The minimum atomic E-state index is -4.40. The van der Waals surface area contributed by atoms with E-state index >= 15 is 0 Å². The number of aromatic nitrogens is 5. The molecule has 3 aromatic heterocycles. The van der Waals surface area contributed by atoms with Gasteiger partial charge in [0.2, 0.25) is 0 Å². The summed E-state index contributed by atoms with van der Waals surface area (Å²) < 4.78 is 65.1. The van der Waals surface area contributed by atoms with Crippen molar-refractivity contribution in [2.24, 2.45) is 5.41 Å². The van der Waals surface area contributed by atoms with Gasteiger partial charge in [-0.3, -0.25) is 0 Å². The van der Waals surface area contributed by atoms with Crippen LogP contribution in [0.2, 0.25) is 0 Å². The first-order chi connectivity index (χ1) is 15.2. The van der Waals surface area contributed by atoms with Gasteiger partial charge in [-0.05, 0) is 25.0 Å². The Kier molecular flexibility index (Phi) is 4.90. The number of halogens is 5. The summed E-state index contributed by atoms with van der Waals surface area (Å²) in [6.45, 7) is 2.29. The summed E-state index contributed by atoms with van der Waals surface area (Å²) in [5.74, 6) is 1.14. The molecular formula is C20H20F5N7. The predicted octanol–water partition coefficient (Wildman–Crippen LogP) is 3.61. The molecule has 0 amide bonds. The highest BCUT2D eigenvalue weighted by Crippen LogP contribution is 2.42. The molecule has 0 radical (unpaired) electrons. The lowest BCUT2D eigenvalue weighted by molar-refractivity contribution is -0.137. The summed E-state index contributed by atoms with van der Waals surface area (Å²) in [7, 11) is 0. The van der Waals surface area contributed by atoms with Crippen LogP contribution in [0.3, 0.4) is 0 Å². The second-order valence-electron chi connectivity index (χ2n) is 8.44. The van der Waals surface area contributed by atoms with E-state index in [1.54, 1.807) is 6.20 Å². The van der Waals surface area contributed by atoms with E-state index in [2.05, 4.69) is 25.0 Å². The van der Waals surface area contributed by atoms with Crippen molar-refractivity contribution in [1.29, 1.82) is 0 Å². The number of rotatable bonds is 4. The lowest BCUT2D eigenvalue weighted by Gasteiger charge is -2.55. The van der Waals surface area contributed by atoms with Crippen LogP contribution >= 0.6 is 0 Å². The Bertz CT molecular complexity index is 1110. The minimum Gasteiger partial charge on any atom is -0.355 e. The third kappa shape index (κ3) is 3.82. The van der Waals surface area contributed by atoms with Crippen LogP contribution in [0, 0.1) is 5.41 Å². The number of nitrogens with zero attached hydrogens (tertiary/aromatic N) is 7. The third-order valence-corrected chi connectivity index (χ3v) is 6.08. The monoisotopic (exact) mass is 453 g/mol. The molecule has 0 saturated carbocycles. The highest BCUT2D eigenvalue weighted by molar-refractivity contribution is 5.71. The van der Waals surface area contributed by atoms with Crippen LogP contribution in [-0.2, 0) is 12.7 Å². The Labute approximate surface area is 179 Å². The number of piperidine rings is 1. The van der Waals surface area contributed by atoms with Crippen LogP contribution < -0.4 is 9.80 Å². The third-order valence-electron chi connectivity index (χ3n) is 6.08. The van der Waals surface area contributed by atoms with E-state index in [0.717, 1.165) is 36.3 Å². The molecule has 2 aliphatic heterocycles. The second kappa shape index (κ2) is 7.52. The molecule has 0 bridgehead atoms. The molecular weight excluding hydrogens is 433 g/mol. The second-order valence-corrected chi connectivity index (χ2v) is 8.44. The molecule has 0 aromatic carbocycles. The molecule has 5 heterocycles. The van der Waals surface area contributed by atoms with E-state index in [0.29, 0.717) is 42.4 Å². The smallest absolute Gasteiger partial charge is 0.355 e. The van der Waals surface area contributed by atoms with Gasteiger partial charge in [0.25, 0.3) is 6.43 Å². The molecule has 170 valence electrons. The average molecular weight is 453 g/mol. The van der Waals surface area contributed by atoms with Gasteiger partial charge in [0.05, 0.1) is 18.0 Å². The van der Waals surface area contributed by atoms with Gasteiger partial charge in [-0.15, -0.1) is 0 Å². The zero-order valence-electron chi connectivity index (χ0n) is 16.9. The molecule has 0 atom stereocenters. The summed E-state index contributed by atoms with van der Waals surface area (Å²) in [6.07, 6.45) is -1.12. The van der Waals surface area contributed by atoms with E-state index < -0.39 is 24.7 Å². The molecule has 0 unspecified atom stereocenters. The number of anilines is 2. The molecule has 5 rings (SSSR count). The quantitative estimate of drug-likeness (QED) is 0.563. The molecule has 32 heavy (non-hydrogen) atoms. The van der Waals surface area contributed by atoms with Crippen molar-refractivity contribution in [2.45, 2.75) is 32.0 Å². The molecule has 7 nitrogen and oxygen atoms in total. The van der Waals surface area contributed by atoms with Gasteiger partial charge in [-0.25, -0.2) is 28.4 Å². The molecule has 2 aliphatic rings. The highest BCUT2D eigenvalue weighted by atomic mass is 19.4. The van der Waals surface area contributed by atoms with Crippen LogP contribution in [0.5, 0.6) is 0 Å². The van der Waals surface area contributed by atoms with Crippen LogP contribution in [0.4, 0.5) is 33.6 Å².